The van der Waals surface area contributed by atoms with Crippen molar-refractivity contribution in [2.75, 3.05) is 39.6 Å². The number of aliphatic hydroxyl groups is 2. The maximum Gasteiger partial charge on any atom is 0.472 e. The van der Waals surface area contributed by atoms with E-state index in [1.807, 2.05) is 0 Å². The van der Waals surface area contributed by atoms with E-state index in [4.69, 9.17) is 32.3 Å². The lowest BCUT2D eigenvalue weighted by Crippen LogP contribution is -2.30. The van der Waals surface area contributed by atoms with Crippen LogP contribution in [0, 0.1) is 0 Å². The fraction of sp³-hybridized carbons (Fsp3) is 0.836. The van der Waals surface area contributed by atoms with Crippen LogP contribution in [0.15, 0.2) is 36.5 Å². The Bertz CT molecular complexity index is 1510. The number of carbonyl (C=O) groups excluding carboxylic acids is 3. The van der Waals surface area contributed by atoms with Crippen LogP contribution in [0.4, 0.5) is 0 Å². The molecule has 0 spiro atoms. The summed E-state index contributed by atoms with van der Waals surface area (Å²) in [5.74, 6) is -1.59. The molecule has 5 atom stereocenters. The van der Waals surface area contributed by atoms with Gasteiger partial charge in [0.15, 0.2) is 6.10 Å². The van der Waals surface area contributed by atoms with E-state index >= 15 is 0 Å². The Morgan fingerprint density at radius 2 is 0.699 bits per heavy atom. The molecule has 0 radical (unpaired) electrons. The van der Waals surface area contributed by atoms with Gasteiger partial charge in [-0.1, -0.05) is 186 Å². The van der Waals surface area contributed by atoms with Crippen LogP contribution in [0.2, 0.25) is 0 Å². The third-order valence-electron chi connectivity index (χ3n) is 11.8. The summed E-state index contributed by atoms with van der Waals surface area (Å²) in [7, 11) is -9.74. The Labute approximate surface area is 441 Å². The van der Waals surface area contributed by atoms with Crippen LogP contribution in [0.1, 0.15) is 239 Å². The van der Waals surface area contributed by atoms with E-state index in [-0.39, 0.29) is 19.3 Å². The average Bonchev–Trinajstić information content (AvgIpc) is 3.36. The molecule has 0 aromatic carbocycles. The van der Waals surface area contributed by atoms with Gasteiger partial charge >= 0.3 is 33.6 Å². The monoisotopic (exact) mass is 1080 g/mol. The Morgan fingerprint density at radius 1 is 0.384 bits per heavy atom. The zero-order valence-electron chi connectivity index (χ0n) is 45.6. The highest BCUT2D eigenvalue weighted by Crippen LogP contribution is 2.45. The summed E-state index contributed by atoms with van der Waals surface area (Å²) in [5, 5.41) is 20.4. The van der Waals surface area contributed by atoms with Crippen molar-refractivity contribution in [1.29, 1.82) is 0 Å². The average molecular weight is 1080 g/mol. The van der Waals surface area contributed by atoms with Crippen LogP contribution < -0.4 is 0 Å². The van der Waals surface area contributed by atoms with Gasteiger partial charge in [-0.05, 0) is 70.6 Å². The van der Waals surface area contributed by atoms with Crippen molar-refractivity contribution in [1.82, 2.24) is 0 Å². The maximum absolute atomic E-state index is 12.8. The second-order valence-corrected chi connectivity index (χ2v) is 22.0. The number of rotatable bonds is 54. The van der Waals surface area contributed by atoms with Crippen molar-refractivity contribution in [3.63, 3.8) is 0 Å². The topological polar surface area (TPSA) is 231 Å². The molecule has 0 aromatic heterocycles. The molecule has 0 heterocycles. The first-order valence-corrected chi connectivity index (χ1v) is 31.3. The summed E-state index contributed by atoms with van der Waals surface area (Å²) in [6, 6.07) is 0. The zero-order valence-corrected chi connectivity index (χ0v) is 47.4. The highest BCUT2D eigenvalue weighted by molar-refractivity contribution is 7.47. The molecular formula is C55H102O16P2. The minimum Gasteiger partial charge on any atom is -0.463 e. The molecular weight excluding hydrogens is 979 g/mol. The van der Waals surface area contributed by atoms with Crippen molar-refractivity contribution in [2.24, 2.45) is 0 Å². The predicted octanol–water partition coefficient (Wildman–Crippen LogP) is 14.0. The fourth-order valence-corrected chi connectivity index (χ4v) is 8.99. The number of phosphoric acid groups is 2. The van der Waals surface area contributed by atoms with Gasteiger partial charge in [-0.15, -0.1) is 0 Å². The molecule has 0 aliphatic heterocycles. The Hall–Kier alpha value is -2.23. The number of allylic oxidation sites excluding steroid dienone is 6. The van der Waals surface area contributed by atoms with E-state index in [1.54, 1.807) is 0 Å². The van der Waals surface area contributed by atoms with E-state index in [0.29, 0.717) is 19.3 Å². The molecule has 4 N–H and O–H groups in total. The molecule has 0 amide bonds. The van der Waals surface area contributed by atoms with Gasteiger partial charge in [0.2, 0.25) is 0 Å². The standard InChI is InChI=1S/C55H102O16P2/c1-4-7-10-13-16-19-22-23-24-25-28-30-32-35-38-41-53(58)65-44-50(56)45-67-72(61,62)68-46-51(57)47-69-73(63,64)70-49-52(71-55(60)43-40-37-34-31-27-21-18-15-12-9-6-3)48-66-54(59)42-39-36-33-29-26-20-17-14-11-8-5-2/h14,16-17,19,23-24,50-52,56-57H,4-13,15,18,20-22,25-49H2,1-3H3,(H,61,62)(H,63,64)/b17-14-,19-16-,24-23-. The summed E-state index contributed by atoms with van der Waals surface area (Å²) in [4.78, 5) is 57.8. The van der Waals surface area contributed by atoms with E-state index in [9.17, 15) is 43.5 Å². The van der Waals surface area contributed by atoms with Gasteiger partial charge < -0.3 is 34.2 Å². The van der Waals surface area contributed by atoms with E-state index in [2.05, 4.69) is 57.2 Å². The van der Waals surface area contributed by atoms with Crippen LogP contribution in [0.5, 0.6) is 0 Å². The van der Waals surface area contributed by atoms with E-state index < -0.39 is 91.5 Å². The van der Waals surface area contributed by atoms with Crippen molar-refractivity contribution in [3.05, 3.63) is 36.5 Å². The van der Waals surface area contributed by atoms with Crippen molar-refractivity contribution >= 4 is 33.6 Å². The van der Waals surface area contributed by atoms with Crippen LogP contribution in [0.25, 0.3) is 0 Å². The highest BCUT2D eigenvalue weighted by atomic mass is 31.2. The molecule has 0 saturated heterocycles. The summed E-state index contributed by atoms with van der Waals surface area (Å²) < 4.78 is 60.4. The molecule has 0 aliphatic rings. The third-order valence-corrected chi connectivity index (χ3v) is 13.7. The van der Waals surface area contributed by atoms with Gasteiger partial charge in [-0.25, -0.2) is 9.13 Å². The molecule has 0 aromatic rings. The molecule has 0 aliphatic carbocycles. The minimum absolute atomic E-state index is 0.109. The number of hydrogen-bond acceptors (Lipinski definition) is 14. The number of hydrogen-bond donors (Lipinski definition) is 4. The molecule has 0 fully saturated rings. The minimum atomic E-state index is -4.90. The molecule has 18 heteroatoms. The summed E-state index contributed by atoms with van der Waals surface area (Å²) in [6.45, 7) is 2.55. The number of aliphatic hydroxyl groups excluding tert-OH is 2. The molecule has 16 nitrogen and oxygen atoms in total. The Morgan fingerprint density at radius 3 is 1.15 bits per heavy atom. The summed E-state index contributed by atoms with van der Waals surface area (Å²) in [5.41, 5.74) is 0. The van der Waals surface area contributed by atoms with Gasteiger partial charge in [-0.3, -0.25) is 32.5 Å². The number of phosphoric ester groups is 2. The second kappa shape index (κ2) is 50.6. The summed E-state index contributed by atoms with van der Waals surface area (Å²) in [6.07, 6.45) is 42.3. The largest absolute Gasteiger partial charge is 0.472 e. The van der Waals surface area contributed by atoms with Crippen LogP contribution >= 0.6 is 15.6 Å². The van der Waals surface area contributed by atoms with Crippen molar-refractivity contribution in [2.45, 2.75) is 257 Å². The van der Waals surface area contributed by atoms with Gasteiger partial charge in [-0.2, -0.15) is 0 Å². The smallest absolute Gasteiger partial charge is 0.463 e. The fourth-order valence-electron chi connectivity index (χ4n) is 7.40. The van der Waals surface area contributed by atoms with Gasteiger partial charge in [0, 0.05) is 19.3 Å². The Kier molecular flexibility index (Phi) is 49.0. The van der Waals surface area contributed by atoms with Crippen molar-refractivity contribution in [3.8, 4) is 0 Å². The molecule has 0 rings (SSSR count). The maximum atomic E-state index is 12.8. The second-order valence-electron chi connectivity index (χ2n) is 19.1. The van der Waals surface area contributed by atoms with Crippen LogP contribution in [0.3, 0.4) is 0 Å². The predicted molar refractivity (Wildman–Crippen MR) is 289 cm³/mol. The first kappa shape index (κ1) is 70.8. The molecule has 5 unspecified atom stereocenters. The first-order valence-electron chi connectivity index (χ1n) is 28.3. The van der Waals surface area contributed by atoms with Crippen LogP contribution in [-0.2, 0) is 55.8 Å². The number of esters is 3. The molecule has 0 saturated carbocycles. The van der Waals surface area contributed by atoms with Crippen molar-refractivity contribution < 1.29 is 75.8 Å². The SMILES string of the molecule is CCCC/C=C\CCCCCCCC(=O)OCC(COP(=O)(O)OCC(O)COP(=O)(O)OCC(O)COC(=O)CCCCCCC/C=C\C/C=C\CCCCC)OC(=O)CCCCCCCCCCCCC. The quantitative estimate of drug-likeness (QED) is 0.0146. The number of unbranched alkanes of at least 4 members (excludes halogenated alkanes) is 25. The molecule has 73 heavy (non-hydrogen) atoms. The van der Waals surface area contributed by atoms with E-state index in [0.717, 1.165) is 109 Å². The highest BCUT2D eigenvalue weighted by Gasteiger charge is 2.29. The lowest BCUT2D eigenvalue weighted by atomic mass is 10.1. The van der Waals surface area contributed by atoms with Gasteiger partial charge in [0.1, 0.15) is 25.4 Å². The molecule has 0 bridgehead atoms. The lowest BCUT2D eigenvalue weighted by Gasteiger charge is -2.21. The lowest BCUT2D eigenvalue weighted by molar-refractivity contribution is -0.161. The number of ether oxygens (including phenoxy) is 3. The normalized spacial score (nSPS) is 14.9. The Balaban J connectivity index is 4.64. The first-order chi connectivity index (χ1) is 35.2. The number of carbonyl (C=O) groups is 3. The van der Waals surface area contributed by atoms with Gasteiger partial charge in [0.25, 0.3) is 0 Å². The van der Waals surface area contributed by atoms with Gasteiger partial charge in [0.05, 0.1) is 26.4 Å². The third kappa shape index (κ3) is 51.6. The van der Waals surface area contributed by atoms with E-state index in [1.165, 1.54) is 70.6 Å². The molecule has 428 valence electrons. The summed E-state index contributed by atoms with van der Waals surface area (Å²) >= 11 is 0. The zero-order chi connectivity index (χ0) is 53.9. The van der Waals surface area contributed by atoms with Crippen LogP contribution in [-0.4, -0.2) is 95.9 Å².